The molecule has 1 saturated heterocycles. The van der Waals surface area contributed by atoms with Gasteiger partial charge in [0.25, 0.3) is 0 Å². The average Bonchev–Trinajstić information content (AvgIpc) is 2.98. The summed E-state index contributed by atoms with van der Waals surface area (Å²) in [5, 5.41) is 3.25. The summed E-state index contributed by atoms with van der Waals surface area (Å²) in [5.41, 5.74) is 0. The van der Waals surface area contributed by atoms with E-state index in [1.54, 1.807) is 6.07 Å². The number of ether oxygens (including phenoxy) is 2. The number of sulfonamides is 1. The first-order valence-corrected chi connectivity index (χ1v) is 8.90. The Labute approximate surface area is 133 Å². The standard InChI is InChI=1S/C13H19BrN2O4S/c1-19-11-6-10(14)13(7-12(11)20-2)21(17,18)16-8-9-4-3-5-15-9/h6-7,9,15-16H,3-5,8H2,1-2H3. The summed E-state index contributed by atoms with van der Waals surface area (Å²) in [5.74, 6) is 0.848. The summed E-state index contributed by atoms with van der Waals surface area (Å²) in [4.78, 5) is 0.137. The molecule has 0 saturated carbocycles. The number of halogens is 1. The van der Waals surface area contributed by atoms with E-state index in [-0.39, 0.29) is 10.9 Å². The molecule has 1 fully saturated rings. The minimum absolute atomic E-state index is 0.137. The Balaban J connectivity index is 2.22. The fourth-order valence-electron chi connectivity index (χ4n) is 2.26. The molecule has 2 rings (SSSR count). The molecule has 0 aromatic heterocycles. The highest BCUT2D eigenvalue weighted by molar-refractivity contribution is 9.10. The molecule has 1 aliphatic heterocycles. The van der Waals surface area contributed by atoms with Gasteiger partial charge in [0, 0.05) is 23.1 Å². The molecule has 6 nitrogen and oxygen atoms in total. The molecular weight excluding hydrogens is 360 g/mol. The Hall–Kier alpha value is -0.830. The van der Waals surface area contributed by atoms with Crippen LogP contribution in [0.15, 0.2) is 21.5 Å². The van der Waals surface area contributed by atoms with Gasteiger partial charge in [-0.15, -0.1) is 0 Å². The van der Waals surface area contributed by atoms with Crippen LogP contribution >= 0.6 is 15.9 Å². The fraction of sp³-hybridized carbons (Fsp3) is 0.538. The number of nitrogens with one attached hydrogen (secondary N) is 2. The zero-order valence-corrected chi connectivity index (χ0v) is 14.4. The van der Waals surface area contributed by atoms with Gasteiger partial charge in [-0.1, -0.05) is 0 Å². The lowest BCUT2D eigenvalue weighted by Crippen LogP contribution is -2.37. The number of benzene rings is 1. The SMILES string of the molecule is COc1cc(Br)c(S(=O)(=O)NCC2CCCN2)cc1OC. The van der Waals surface area contributed by atoms with Crippen molar-refractivity contribution in [3.63, 3.8) is 0 Å². The number of hydrogen-bond acceptors (Lipinski definition) is 5. The van der Waals surface area contributed by atoms with E-state index in [1.807, 2.05) is 0 Å². The van der Waals surface area contributed by atoms with E-state index in [9.17, 15) is 8.42 Å². The normalized spacial score (nSPS) is 18.7. The van der Waals surface area contributed by atoms with Crippen LogP contribution in [-0.4, -0.2) is 41.8 Å². The third kappa shape index (κ3) is 3.88. The van der Waals surface area contributed by atoms with Crippen LogP contribution in [0.25, 0.3) is 0 Å². The lowest BCUT2D eigenvalue weighted by molar-refractivity contribution is 0.353. The number of rotatable bonds is 6. The van der Waals surface area contributed by atoms with Crippen LogP contribution in [0.1, 0.15) is 12.8 Å². The van der Waals surface area contributed by atoms with E-state index < -0.39 is 10.0 Å². The van der Waals surface area contributed by atoms with Crippen molar-refractivity contribution in [1.29, 1.82) is 0 Å². The number of hydrogen-bond donors (Lipinski definition) is 2. The second-order valence-electron chi connectivity index (χ2n) is 4.78. The third-order valence-electron chi connectivity index (χ3n) is 3.41. The van der Waals surface area contributed by atoms with Crippen LogP contribution in [0.2, 0.25) is 0 Å². The van der Waals surface area contributed by atoms with Gasteiger partial charge in [-0.3, -0.25) is 0 Å². The third-order valence-corrected chi connectivity index (χ3v) is 5.79. The highest BCUT2D eigenvalue weighted by Crippen LogP contribution is 2.35. The maximum Gasteiger partial charge on any atom is 0.241 e. The molecule has 0 spiro atoms. The highest BCUT2D eigenvalue weighted by Gasteiger charge is 2.23. The van der Waals surface area contributed by atoms with Crippen molar-refractivity contribution in [2.75, 3.05) is 27.3 Å². The van der Waals surface area contributed by atoms with E-state index in [2.05, 4.69) is 26.0 Å². The minimum atomic E-state index is -3.61. The maximum atomic E-state index is 12.4. The molecular formula is C13H19BrN2O4S. The fourth-order valence-corrected chi connectivity index (χ4v) is 4.38. The lowest BCUT2D eigenvalue weighted by Gasteiger charge is -2.15. The first-order chi connectivity index (χ1) is 9.97. The average molecular weight is 379 g/mol. The largest absolute Gasteiger partial charge is 0.493 e. The molecule has 1 aliphatic rings. The summed E-state index contributed by atoms with van der Waals surface area (Å²) in [6.07, 6.45) is 2.06. The molecule has 1 atom stereocenters. The molecule has 0 radical (unpaired) electrons. The predicted molar refractivity (Wildman–Crippen MR) is 83.5 cm³/mol. The van der Waals surface area contributed by atoms with Crippen molar-refractivity contribution in [3.05, 3.63) is 16.6 Å². The van der Waals surface area contributed by atoms with Gasteiger partial charge in [0.15, 0.2) is 11.5 Å². The predicted octanol–water partition coefficient (Wildman–Crippen LogP) is 1.50. The Morgan fingerprint density at radius 3 is 2.57 bits per heavy atom. The van der Waals surface area contributed by atoms with Crippen molar-refractivity contribution in [1.82, 2.24) is 10.0 Å². The van der Waals surface area contributed by atoms with E-state index in [0.29, 0.717) is 22.5 Å². The summed E-state index contributed by atoms with van der Waals surface area (Å²) in [6.45, 7) is 1.32. The monoisotopic (exact) mass is 378 g/mol. The molecule has 8 heteroatoms. The summed E-state index contributed by atoms with van der Waals surface area (Å²) in [6, 6.07) is 3.23. The van der Waals surface area contributed by atoms with Gasteiger partial charge >= 0.3 is 0 Å². The lowest BCUT2D eigenvalue weighted by atomic mass is 10.2. The van der Waals surface area contributed by atoms with Crippen LogP contribution in [-0.2, 0) is 10.0 Å². The van der Waals surface area contributed by atoms with E-state index in [0.717, 1.165) is 19.4 Å². The molecule has 0 aliphatic carbocycles. The highest BCUT2D eigenvalue weighted by atomic mass is 79.9. The van der Waals surface area contributed by atoms with Crippen molar-refractivity contribution in [2.24, 2.45) is 0 Å². The first-order valence-electron chi connectivity index (χ1n) is 6.62. The zero-order chi connectivity index (χ0) is 15.5. The molecule has 21 heavy (non-hydrogen) atoms. The molecule has 118 valence electrons. The quantitative estimate of drug-likeness (QED) is 0.784. The van der Waals surface area contributed by atoms with Crippen LogP contribution in [0.4, 0.5) is 0 Å². The number of methoxy groups -OCH3 is 2. The van der Waals surface area contributed by atoms with Crippen molar-refractivity contribution < 1.29 is 17.9 Å². The van der Waals surface area contributed by atoms with Gasteiger partial charge in [-0.2, -0.15) is 0 Å². The van der Waals surface area contributed by atoms with E-state index in [4.69, 9.17) is 9.47 Å². The van der Waals surface area contributed by atoms with E-state index in [1.165, 1.54) is 20.3 Å². The first kappa shape index (κ1) is 16.5. The molecule has 0 bridgehead atoms. The van der Waals surface area contributed by atoms with Crippen LogP contribution in [0.5, 0.6) is 11.5 Å². The molecule has 1 unspecified atom stereocenters. The van der Waals surface area contributed by atoms with E-state index >= 15 is 0 Å². The molecule has 1 heterocycles. The molecule has 1 aromatic carbocycles. The van der Waals surface area contributed by atoms with Crippen LogP contribution in [0, 0.1) is 0 Å². The zero-order valence-electron chi connectivity index (χ0n) is 12.0. The summed E-state index contributed by atoms with van der Waals surface area (Å²) >= 11 is 3.27. The second kappa shape index (κ2) is 6.95. The molecule has 1 aromatic rings. The van der Waals surface area contributed by atoms with Crippen molar-refractivity contribution in [2.45, 2.75) is 23.8 Å². The molecule has 0 amide bonds. The Kier molecular flexibility index (Phi) is 5.48. The van der Waals surface area contributed by atoms with Crippen LogP contribution in [0.3, 0.4) is 0 Å². The van der Waals surface area contributed by atoms with Gasteiger partial charge in [0.05, 0.1) is 14.2 Å². The van der Waals surface area contributed by atoms with Gasteiger partial charge in [-0.25, -0.2) is 13.1 Å². The van der Waals surface area contributed by atoms with Crippen molar-refractivity contribution in [3.8, 4) is 11.5 Å². The smallest absolute Gasteiger partial charge is 0.241 e. The van der Waals surface area contributed by atoms with Crippen molar-refractivity contribution >= 4 is 26.0 Å². The Bertz CT molecular complexity index is 600. The van der Waals surface area contributed by atoms with Gasteiger partial charge in [0.2, 0.25) is 10.0 Å². The van der Waals surface area contributed by atoms with Gasteiger partial charge in [0.1, 0.15) is 4.90 Å². The van der Waals surface area contributed by atoms with Crippen LogP contribution < -0.4 is 19.5 Å². The Morgan fingerprint density at radius 2 is 2.00 bits per heavy atom. The second-order valence-corrected chi connectivity index (χ2v) is 7.37. The summed E-state index contributed by atoms with van der Waals surface area (Å²) < 4.78 is 38.2. The Morgan fingerprint density at radius 1 is 1.33 bits per heavy atom. The topological polar surface area (TPSA) is 76.7 Å². The van der Waals surface area contributed by atoms with Gasteiger partial charge in [-0.05, 0) is 41.4 Å². The summed E-state index contributed by atoms with van der Waals surface area (Å²) in [7, 11) is -0.636. The maximum absolute atomic E-state index is 12.4. The van der Waals surface area contributed by atoms with Gasteiger partial charge < -0.3 is 14.8 Å². The molecule has 2 N–H and O–H groups in total. The minimum Gasteiger partial charge on any atom is -0.493 e.